The Morgan fingerprint density at radius 3 is 2.45 bits per heavy atom. The van der Waals surface area contributed by atoms with E-state index in [1.807, 2.05) is 18.2 Å². The zero-order valence-electron chi connectivity index (χ0n) is 12.6. The predicted octanol–water partition coefficient (Wildman–Crippen LogP) is 2.61. The quantitative estimate of drug-likeness (QED) is 0.906. The van der Waals surface area contributed by atoms with Crippen molar-refractivity contribution in [3.05, 3.63) is 34.9 Å². The van der Waals surface area contributed by atoms with E-state index in [9.17, 15) is 0 Å². The first-order chi connectivity index (χ1) is 9.60. The molecule has 1 heterocycles. The molecule has 2 rings (SSSR count). The van der Waals surface area contributed by atoms with E-state index in [1.165, 1.54) is 12.1 Å². The third kappa shape index (κ3) is 4.19. The number of piperazine rings is 1. The molecule has 1 unspecified atom stereocenters. The molecule has 0 radical (unpaired) electrons. The van der Waals surface area contributed by atoms with Crippen molar-refractivity contribution in [2.45, 2.75) is 19.9 Å². The van der Waals surface area contributed by atoms with Crippen LogP contribution in [0.4, 0.5) is 0 Å². The Morgan fingerprint density at radius 1 is 1.20 bits per heavy atom. The molecule has 1 aliphatic rings. The number of rotatable bonds is 5. The fourth-order valence-corrected chi connectivity index (χ4v) is 3.18. The smallest absolute Gasteiger partial charge is 0.0472 e. The molecule has 1 aromatic rings. The fraction of sp³-hybridized carbons (Fsp3) is 0.625. The molecule has 0 bridgehead atoms. The van der Waals surface area contributed by atoms with Crippen LogP contribution >= 0.6 is 11.6 Å². The number of halogens is 1. The van der Waals surface area contributed by atoms with Crippen LogP contribution in [0.3, 0.4) is 0 Å². The molecule has 0 amide bonds. The van der Waals surface area contributed by atoms with Crippen molar-refractivity contribution < 1.29 is 0 Å². The van der Waals surface area contributed by atoms with Crippen molar-refractivity contribution in [2.24, 2.45) is 11.7 Å². The highest BCUT2D eigenvalue weighted by molar-refractivity contribution is 6.30. The van der Waals surface area contributed by atoms with Crippen molar-refractivity contribution in [1.82, 2.24) is 9.80 Å². The molecule has 1 fully saturated rings. The van der Waals surface area contributed by atoms with Crippen molar-refractivity contribution >= 4 is 11.6 Å². The lowest BCUT2D eigenvalue weighted by Crippen LogP contribution is -2.49. The van der Waals surface area contributed by atoms with E-state index < -0.39 is 0 Å². The van der Waals surface area contributed by atoms with Gasteiger partial charge in [-0.25, -0.2) is 0 Å². The molecule has 1 aromatic carbocycles. The highest BCUT2D eigenvalue weighted by Crippen LogP contribution is 2.23. The first kappa shape index (κ1) is 15.8. The fourth-order valence-electron chi connectivity index (χ4n) is 2.98. The normalized spacial score (nSPS) is 19.4. The molecule has 0 saturated carbocycles. The summed E-state index contributed by atoms with van der Waals surface area (Å²) in [7, 11) is 0. The summed E-state index contributed by atoms with van der Waals surface area (Å²) in [4.78, 5) is 5.04. The lowest BCUT2D eigenvalue weighted by Gasteiger charge is -2.39. The minimum absolute atomic E-state index is 0.287. The predicted molar refractivity (Wildman–Crippen MR) is 86.1 cm³/mol. The first-order valence-corrected chi connectivity index (χ1v) is 7.90. The highest BCUT2D eigenvalue weighted by Gasteiger charge is 2.24. The van der Waals surface area contributed by atoms with E-state index in [1.54, 1.807) is 0 Å². The van der Waals surface area contributed by atoms with Gasteiger partial charge in [0, 0.05) is 50.3 Å². The average Bonchev–Trinajstić information content (AvgIpc) is 2.41. The average molecular weight is 296 g/mol. The zero-order chi connectivity index (χ0) is 14.5. The summed E-state index contributed by atoms with van der Waals surface area (Å²) in [5.41, 5.74) is 7.24. The van der Waals surface area contributed by atoms with Crippen molar-refractivity contribution in [3.63, 3.8) is 0 Å². The van der Waals surface area contributed by atoms with Crippen LogP contribution in [0.1, 0.15) is 25.5 Å². The van der Waals surface area contributed by atoms with Crippen LogP contribution in [0, 0.1) is 5.92 Å². The largest absolute Gasteiger partial charge is 0.329 e. The van der Waals surface area contributed by atoms with Gasteiger partial charge in [0.1, 0.15) is 0 Å². The van der Waals surface area contributed by atoms with Crippen LogP contribution in [-0.2, 0) is 0 Å². The van der Waals surface area contributed by atoms with Gasteiger partial charge in [0.05, 0.1) is 0 Å². The third-order valence-corrected chi connectivity index (χ3v) is 4.16. The Kier molecular flexibility index (Phi) is 5.85. The molecule has 1 saturated heterocycles. The van der Waals surface area contributed by atoms with Gasteiger partial charge in [-0.1, -0.05) is 37.6 Å². The van der Waals surface area contributed by atoms with Crippen LogP contribution < -0.4 is 5.73 Å². The van der Waals surface area contributed by atoms with Gasteiger partial charge in [-0.2, -0.15) is 0 Å². The standard InChI is InChI=1S/C16H26ClN3/c1-13(2)12-19-6-8-20(9-7-19)16(11-18)14-4-3-5-15(17)10-14/h3-5,10,13,16H,6-9,11-12,18H2,1-2H3. The van der Waals surface area contributed by atoms with Crippen LogP contribution in [0.5, 0.6) is 0 Å². The van der Waals surface area contributed by atoms with Crippen molar-refractivity contribution in [3.8, 4) is 0 Å². The summed E-state index contributed by atoms with van der Waals surface area (Å²) < 4.78 is 0. The van der Waals surface area contributed by atoms with Gasteiger partial charge in [0.25, 0.3) is 0 Å². The molecule has 112 valence electrons. The second-order valence-corrected chi connectivity index (χ2v) is 6.47. The summed E-state index contributed by atoms with van der Waals surface area (Å²) in [5, 5.41) is 0.791. The van der Waals surface area contributed by atoms with Gasteiger partial charge < -0.3 is 10.6 Å². The van der Waals surface area contributed by atoms with E-state index in [0.717, 1.165) is 37.1 Å². The van der Waals surface area contributed by atoms with E-state index in [4.69, 9.17) is 17.3 Å². The Hall–Kier alpha value is -0.610. The lowest BCUT2D eigenvalue weighted by atomic mass is 10.0. The molecule has 1 atom stereocenters. The monoisotopic (exact) mass is 295 g/mol. The van der Waals surface area contributed by atoms with Crippen LogP contribution in [-0.4, -0.2) is 49.1 Å². The van der Waals surface area contributed by atoms with E-state index in [2.05, 4.69) is 29.7 Å². The minimum Gasteiger partial charge on any atom is -0.329 e. The molecule has 20 heavy (non-hydrogen) atoms. The second kappa shape index (κ2) is 7.41. The second-order valence-electron chi connectivity index (χ2n) is 6.04. The molecular weight excluding hydrogens is 270 g/mol. The first-order valence-electron chi connectivity index (χ1n) is 7.52. The topological polar surface area (TPSA) is 32.5 Å². The molecule has 0 aromatic heterocycles. The number of hydrogen-bond acceptors (Lipinski definition) is 3. The van der Waals surface area contributed by atoms with Crippen LogP contribution in [0.25, 0.3) is 0 Å². The van der Waals surface area contributed by atoms with Gasteiger partial charge in [0.15, 0.2) is 0 Å². The van der Waals surface area contributed by atoms with Crippen LogP contribution in [0.2, 0.25) is 5.02 Å². The number of nitrogens with two attached hydrogens (primary N) is 1. The number of hydrogen-bond donors (Lipinski definition) is 1. The Morgan fingerprint density at radius 2 is 1.90 bits per heavy atom. The zero-order valence-corrected chi connectivity index (χ0v) is 13.3. The maximum atomic E-state index is 6.10. The summed E-state index contributed by atoms with van der Waals surface area (Å²) in [6, 6.07) is 8.38. The molecule has 2 N–H and O–H groups in total. The molecule has 4 heteroatoms. The molecule has 0 spiro atoms. The van der Waals surface area contributed by atoms with Gasteiger partial charge in [-0.3, -0.25) is 4.90 Å². The maximum absolute atomic E-state index is 6.10. The van der Waals surface area contributed by atoms with E-state index in [0.29, 0.717) is 6.54 Å². The van der Waals surface area contributed by atoms with Crippen molar-refractivity contribution in [2.75, 3.05) is 39.3 Å². The SMILES string of the molecule is CC(C)CN1CCN(C(CN)c2cccc(Cl)c2)CC1. The van der Waals surface area contributed by atoms with Gasteiger partial charge in [-0.15, -0.1) is 0 Å². The summed E-state index contributed by atoms with van der Waals surface area (Å²) in [5.74, 6) is 0.736. The highest BCUT2D eigenvalue weighted by atomic mass is 35.5. The Balaban J connectivity index is 1.97. The Bertz CT molecular complexity index is 414. The lowest BCUT2D eigenvalue weighted by molar-refractivity contribution is 0.0912. The molecule has 3 nitrogen and oxygen atoms in total. The van der Waals surface area contributed by atoms with Gasteiger partial charge in [-0.05, 0) is 23.6 Å². The van der Waals surface area contributed by atoms with Gasteiger partial charge >= 0.3 is 0 Å². The Labute approximate surface area is 127 Å². The number of benzene rings is 1. The van der Waals surface area contributed by atoms with Crippen molar-refractivity contribution in [1.29, 1.82) is 0 Å². The molecule has 0 aliphatic carbocycles. The van der Waals surface area contributed by atoms with E-state index in [-0.39, 0.29) is 6.04 Å². The summed E-state index contributed by atoms with van der Waals surface area (Å²) in [6.07, 6.45) is 0. The summed E-state index contributed by atoms with van der Waals surface area (Å²) in [6.45, 7) is 10.8. The van der Waals surface area contributed by atoms with Crippen LogP contribution in [0.15, 0.2) is 24.3 Å². The molecule has 1 aliphatic heterocycles. The third-order valence-electron chi connectivity index (χ3n) is 3.93. The van der Waals surface area contributed by atoms with Gasteiger partial charge in [0.2, 0.25) is 0 Å². The number of nitrogens with zero attached hydrogens (tertiary/aromatic N) is 2. The summed E-state index contributed by atoms with van der Waals surface area (Å²) >= 11 is 6.10. The molecular formula is C16H26ClN3. The maximum Gasteiger partial charge on any atom is 0.0472 e. The minimum atomic E-state index is 0.287. The van der Waals surface area contributed by atoms with E-state index >= 15 is 0 Å².